The first-order valence-electron chi connectivity index (χ1n) is 8.20. The van der Waals surface area contributed by atoms with Gasteiger partial charge in [-0.25, -0.2) is 0 Å². The Bertz CT molecular complexity index is 983. The summed E-state index contributed by atoms with van der Waals surface area (Å²) in [5.74, 6) is 0.759. The van der Waals surface area contributed by atoms with E-state index in [2.05, 4.69) is 15.5 Å². The summed E-state index contributed by atoms with van der Waals surface area (Å²) >= 11 is 13.5. The number of halogens is 2. The van der Waals surface area contributed by atoms with Crippen LogP contribution < -0.4 is 5.32 Å². The Morgan fingerprint density at radius 1 is 1.15 bits per heavy atom. The van der Waals surface area contributed by atoms with Crippen molar-refractivity contribution < 1.29 is 4.79 Å². The van der Waals surface area contributed by atoms with Crippen LogP contribution in [-0.2, 0) is 11.8 Å². The van der Waals surface area contributed by atoms with E-state index in [-0.39, 0.29) is 11.7 Å². The van der Waals surface area contributed by atoms with Crippen molar-refractivity contribution in [2.45, 2.75) is 19.0 Å². The van der Waals surface area contributed by atoms with Gasteiger partial charge in [0.15, 0.2) is 11.0 Å². The lowest BCUT2D eigenvalue weighted by molar-refractivity contribution is -0.113. The summed E-state index contributed by atoms with van der Waals surface area (Å²) in [5.41, 5.74) is 3.66. The molecule has 0 aliphatic heterocycles. The van der Waals surface area contributed by atoms with Gasteiger partial charge in [-0.3, -0.25) is 4.79 Å². The summed E-state index contributed by atoms with van der Waals surface area (Å²) in [5, 5.41) is 13.0. The molecule has 0 aliphatic carbocycles. The average Bonchev–Trinajstić information content (AvgIpc) is 2.97. The minimum atomic E-state index is -0.0912. The number of nitrogens with zero attached hydrogens (tertiary/aromatic N) is 3. The third-order valence-electron chi connectivity index (χ3n) is 4.08. The SMILES string of the molecule is Cc1cccc(C)c1NC(=O)CSc1nnc(-c2ccc(Cl)cc2Cl)n1C. The second kappa shape index (κ2) is 8.33. The summed E-state index contributed by atoms with van der Waals surface area (Å²) in [7, 11) is 1.84. The maximum atomic E-state index is 12.3. The molecule has 0 bridgehead atoms. The summed E-state index contributed by atoms with van der Waals surface area (Å²) in [6, 6.07) is 11.1. The van der Waals surface area contributed by atoms with Crippen LogP contribution in [0.25, 0.3) is 11.4 Å². The van der Waals surface area contributed by atoms with Crippen molar-refractivity contribution in [1.82, 2.24) is 14.8 Å². The topological polar surface area (TPSA) is 59.8 Å². The molecule has 0 unspecified atom stereocenters. The van der Waals surface area contributed by atoms with E-state index < -0.39 is 0 Å². The standard InChI is InChI=1S/C19H18Cl2N4OS/c1-11-5-4-6-12(2)17(11)22-16(26)10-27-19-24-23-18(25(19)3)14-8-7-13(20)9-15(14)21/h4-9H,10H2,1-3H3,(H,22,26). The van der Waals surface area contributed by atoms with E-state index in [1.54, 1.807) is 18.2 Å². The number of aryl methyl sites for hydroxylation is 2. The first kappa shape index (κ1) is 19.7. The van der Waals surface area contributed by atoms with E-state index in [4.69, 9.17) is 23.2 Å². The molecule has 0 saturated heterocycles. The second-order valence-corrected chi connectivity index (χ2v) is 7.88. The van der Waals surface area contributed by atoms with Gasteiger partial charge in [0.25, 0.3) is 0 Å². The summed E-state index contributed by atoms with van der Waals surface area (Å²) in [6.45, 7) is 3.95. The molecule has 1 heterocycles. The molecule has 5 nitrogen and oxygen atoms in total. The van der Waals surface area contributed by atoms with Crippen LogP contribution in [0.1, 0.15) is 11.1 Å². The number of rotatable bonds is 5. The zero-order valence-corrected chi connectivity index (χ0v) is 17.4. The fourth-order valence-corrected chi connectivity index (χ4v) is 3.87. The number of aromatic nitrogens is 3. The molecule has 0 fully saturated rings. The minimum Gasteiger partial charge on any atom is -0.325 e. The number of anilines is 1. The van der Waals surface area contributed by atoms with Crippen LogP contribution in [0.5, 0.6) is 0 Å². The quantitative estimate of drug-likeness (QED) is 0.580. The van der Waals surface area contributed by atoms with Gasteiger partial charge in [0, 0.05) is 23.3 Å². The molecule has 3 rings (SSSR count). The number of benzene rings is 2. The maximum absolute atomic E-state index is 12.3. The van der Waals surface area contributed by atoms with Gasteiger partial charge < -0.3 is 9.88 Å². The Labute approximate surface area is 172 Å². The fraction of sp³-hybridized carbons (Fsp3) is 0.211. The molecule has 1 N–H and O–H groups in total. The smallest absolute Gasteiger partial charge is 0.234 e. The van der Waals surface area contributed by atoms with Crippen LogP contribution in [0.15, 0.2) is 41.6 Å². The maximum Gasteiger partial charge on any atom is 0.234 e. The number of carbonyl (C=O) groups is 1. The number of carbonyl (C=O) groups excluding carboxylic acids is 1. The van der Waals surface area contributed by atoms with E-state index in [0.717, 1.165) is 22.4 Å². The molecule has 2 aromatic carbocycles. The third kappa shape index (κ3) is 4.46. The van der Waals surface area contributed by atoms with Gasteiger partial charge in [0.2, 0.25) is 5.91 Å². The summed E-state index contributed by atoms with van der Waals surface area (Å²) < 4.78 is 1.81. The number of nitrogens with one attached hydrogen (secondary N) is 1. The Morgan fingerprint density at radius 2 is 1.85 bits per heavy atom. The highest BCUT2D eigenvalue weighted by atomic mass is 35.5. The molecular formula is C19H18Cl2N4OS. The van der Waals surface area contributed by atoms with Crippen molar-refractivity contribution in [3.63, 3.8) is 0 Å². The lowest BCUT2D eigenvalue weighted by Crippen LogP contribution is -2.16. The largest absolute Gasteiger partial charge is 0.325 e. The molecule has 8 heteroatoms. The van der Waals surface area contributed by atoms with Crippen molar-refractivity contribution >= 4 is 46.6 Å². The van der Waals surface area contributed by atoms with Crippen LogP contribution in [0, 0.1) is 13.8 Å². The highest BCUT2D eigenvalue weighted by Gasteiger charge is 2.16. The molecule has 140 valence electrons. The Hall–Kier alpha value is -2.02. The highest BCUT2D eigenvalue weighted by Crippen LogP contribution is 2.30. The molecule has 0 spiro atoms. The van der Waals surface area contributed by atoms with E-state index in [0.29, 0.717) is 21.0 Å². The van der Waals surface area contributed by atoms with Gasteiger partial charge in [-0.05, 0) is 43.2 Å². The van der Waals surface area contributed by atoms with E-state index in [1.165, 1.54) is 11.8 Å². The Morgan fingerprint density at radius 3 is 2.52 bits per heavy atom. The van der Waals surface area contributed by atoms with Gasteiger partial charge in [-0.15, -0.1) is 10.2 Å². The third-order valence-corrected chi connectivity index (χ3v) is 5.65. The molecular weight excluding hydrogens is 403 g/mol. The molecule has 27 heavy (non-hydrogen) atoms. The predicted octanol–water partition coefficient (Wildman–Crippen LogP) is 5.14. The van der Waals surface area contributed by atoms with E-state index >= 15 is 0 Å². The molecule has 0 aliphatic rings. The Kier molecular flexibility index (Phi) is 6.09. The first-order chi connectivity index (χ1) is 12.9. The van der Waals surface area contributed by atoms with Crippen LogP contribution in [0.4, 0.5) is 5.69 Å². The van der Waals surface area contributed by atoms with Gasteiger partial charge in [-0.2, -0.15) is 0 Å². The van der Waals surface area contributed by atoms with Crippen molar-refractivity contribution in [1.29, 1.82) is 0 Å². The molecule has 3 aromatic rings. The second-order valence-electron chi connectivity index (χ2n) is 6.09. The fourth-order valence-electron chi connectivity index (χ4n) is 2.66. The lowest BCUT2D eigenvalue weighted by Gasteiger charge is -2.11. The summed E-state index contributed by atoms with van der Waals surface area (Å²) in [6.07, 6.45) is 0. The zero-order valence-electron chi connectivity index (χ0n) is 15.1. The van der Waals surface area contributed by atoms with E-state index in [9.17, 15) is 4.79 Å². The van der Waals surface area contributed by atoms with E-state index in [1.807, 2.05) is 43.7 Å². The van der Waals surface area contributed by atoms with Crippen LogP contribution in [0.2, 0.25) is 10.0 Å². The summed E-state index contributed by atoms with van der Waals surface area (Å²) in [4.78, 5) is 12.3. The molecule has 1 aromatic heterocycles. The van der Waals surface area contributed by atoms with Crippen LogP contribution >= 0.6 is 35.0 Å². The predicted molar refractivity (Wildman–Crippen MR) is 112 cm³/mol. The molecule has 0 radical (unpaired) electrons. The number of amides is 1. The van der Waals surface area contributed by atoms with Crippen LogP contribution in [-0.4, -0.2) is 26.4 Å². The lowest BCUT2D eigenvalue weighted by atomic mass is 10.1. The minimum absolute atomic E-state index is 0.0912. The normalized spacial score (nSPS) is 10.9. The zero-order chi connectivity index (χ0) is 19.6. The Balaban J connectivity index is 1.70. The average molecular weight is 421 g/mol. The highest BCUT2D eigenvalue weighted by molar-refractivity contribution is 7.99. The molecule has 0 atom stereocenters. The van der Waals surface area contributed by atoms with Gasteiger partial charge in [0.1, 0.15) is 0 Å². The number of hydrogen-bond acceptors (Lipinski definition) is 4. The van der Waals surface area contributed by atoms with Crippen molar-refractivity contribution in [2.24, 2.45) is 7.05 Å². The first-order valence-corrected chi connectivity index (χ1v) is 9.94. The van der Waals surface area contributed by atoms with Crippen molar-refractivity contribution in [2.75, 3.05) is 11.1 Å². The van der Waals surface area contributed by atoms with Crippen molar-refractivity contribution in [3.05, 3.63) is 57.6 Å². The van der Waals surface area contributed by atoms with Crippen LogP contribution in [0.3, 0.4) is 0 Å². The number of hydrogen-bond donors (Lipinski definition) is 1. The number of thioether (sulfide) groups is 1. The van der Waals surface area contributed by atoms with Gasteiger partial charge in [0.05, 0.1) is 10.8 Å². The number of para-hydroxylation sites is 1. The molecule has 1 amide bonds. The van der Waals surface area contributed by atoms with Crippen molar-refractivity contribution in [3.8, 4) is 11.4 Å². The monoisotopic (exact) mass is 420 g/mol. The molecule has 0 saturated carbocycles. The van der Waals surface area contributed by atoms with Gasteiger partial charge >= 0.3 is 0 Å². The van der Waals surface area contributed by atoms with Gasteiger partial charge in [-0.1, -0.05) is 53.2 Å².